The van der Waals surface area contributed by atoms with Crippen LogP contribution >= 0.6 is 11.8 Å². The number of aromatic nitrogens is 1. The molecule has 0 amide bonds. The molecule has 0 bridgehead atoms. The molecule has 0 atom stereocenters. The molecule has 0 saturated carbocycles. The van der Waals surface area contributed by atoms with Gasteiger partial charge in [0.1, 0.15) is 18.6 Å². The number of carbonyl (C=O) groups excluding carboxylic acids is 1. The molecule has 0 spiro atoms. The average molecular weight is 353 g/mol. The van der Waals surface area contributed by atoms with Gasteiger partial charge < -0.3 is 9.15 Å². The van der Waals surface area contributed by atoms with Crippen LogP contribution in [0, 0.1) is 13.8 Å². The third-order valence-corrected chi connectivity index (χ3v) is 4.78. The molecule has 3 rings (SSSR count). The zero-order valence-electron chi connectivity index (χ0n) is 14.2. The first kappa shape index (κ1) is 17.3. The molecule has 0 saturated heterocycles. The summed E-state index contributed by atoms with van der Waals surface area (Å²) in [6.07, 6.45) is 1.52. The highest BCUT2D eigenvalue weighted by Crippen LogP contribution is 2.23. The lowest BCUT2D eigenvalue weighted by Crippen LogP contribution is -2.07. The second-order valence-corrected chi connectivity index (χ2v) is 6.75. The van der Waals surface area contributed by atoms with Gasteiger partial charge in [-0.1, -0.05) is 35.9 Å². The molecular weight excluding hydrogens is 334 g/mol. The van der Waals surface area contributed by atoms with Crippen LogP contribution < -0.4 is 0 Å². The minimum atomic E-state index is -0.269. The van der Waals surface area contributed by atoms with Crippen molar-refractivity contribution in [2.75, 3.05) is 5.75 Å². The summed E-state index contributed by atoms with van der Waals surface area (Å²) in [6.45, 7) is 4.21. The Labute approximate surface area is 151 Å². The van der Waals surface area contributed by atoms with E-state index in [9.17, 15) is 4.79 Å². The van der Waals surface area contributed by atoms with Gasteiger partial charge in [-0.3, -0.25) is 4.79 Å². The number of hydrogen-bond donors (Lipinski definition) is 0. The molecule has 2 aromatic carbocycles. The lowest BCUT2D eigenvalue weighted by molar-refractivity contribution is -0.141. The molecule has 1 heterocycles. The number of esters is 1. The number of thioether (sulfide) groups is 1. The van der Waals surface area contributed by atoms with Crippen LogP contribution in [0.15, 0.2) is 64.1 Å². The molecule has 0 radical (unpaired) electrons. The van der Waals surface area contributed by atoms with Crippen LogP contribution in [0.1, 0.15) is 16.8 Å². The van der Waals surface area contributed by atoms with E-state index in [-0.39, 0.29) is 18.3 Å². The van der Waals surface area contributed by atoms with Gasteiger partial charge in [-0.2, -0.15) is 0 Å². The van der Waals surface area contributed by atoms with E-state index >= 15 is 0 Å². The standard InChI is InChI=1S/C20H19NO3S/c1-14-8-9-18(15(2)10-14)25-13-19(22)23-11-17-12-24-20(21-17)16-6-4-3-5-7-16/h3-10,12H,11,13H2,1-2H3. The molecule has 0 unspecified atom stereocenters. The Kier molecular flexibility index (Phi) is 5.56. The highest BCUT2D eigenvalue weighted by molar-refractivity contribution is 8.00. The van der Waals surface area contributed by atoms with E-state index in [0.29, 0.717) is 11.6 Å². The topological polar surface area (TPSA) is 52.3 Å². The van der Waals surface area contributed by atoms with Crippen LogP contribution in [0.3, 0.4) is 0 Å². The molecule has 0 aliphatic carbocycles. The van der Waals surface area contributed by atoms with Crippen molar-refractivity contribution >= 4 is 17.7 Å². The average Bonchev–Trinajstić information content (AvgIpc) is 3.09. The van der Waals surface area contributed by atoms with Crippen molar-refractivity contribution < 1.29 is 13.9 Å². The van der Waals surface area contributed by atoms with Crippen molar-refractivity contribution in [2.24, 2.45) is 0 Å². The predicted molar refractivity (Wildman–Crippen MR) is 98.4 cm³/mol. The summed E-state index contributed by atoms with van der Waals surface area (Å²) in [7, 11) is 0. The van der Waals surface area contributed by atoms with E-state index in [2.05, 4.69) is 18.0 Å². The summed E-state index contributed by atoms with van der Waals surface area (Å²) in [5.41, 5.74) is 3.88. The fourth-order valence-corrected chi connectivity index (χ4v) is 3.19. The maximum absolute atomic E-state index is 11.9. The summed E-state index contributed by atoms with van der Waals surface area (Å²) in [6, 6.07) is 15.8. The Morgan fingerprint density at radius 3 is 2.72 bits per heavy atom. The molecular formula is C20H19NO3S. The van der Waals surface area contributed by atoms with Gasteiger partial charge in [0.25, 0.3) is 0 Å². The van der Waals surface area contributed by atoms with E-state index < -0.39 is 0 Å². The van der Waals surface area contributed by atoms with Gasteiger partial charge in [0.05, 0.1) is 5.75 Å². The van der Waals surface area contributed by atoms with Gasteiger partial charge in [0, 0.05) is 10.5 Å². The normalized spacial score (nSPS) is 10.6. The summed E-state index contributed by atoms with van der Waals surface area (Å²) in [4.78, 5) is 17.4. The Bertz CT molecular complexity index is 858. The molecule has 0 fully saturated rings. The monoisotopic (exact) mass is 353 g/mol. The molecule has 5 heteroatoms. The van der Waals surface area contributed by atoms with E-state index in [4.69, 9.17) is 9.15 Å². The SMILES string of the molecule is Cc1ccc(SCC(=O)OCc2coc(-c3ccccc3)n2)c(C)c1. The minimum absolute atomic E-state index is 0.114. The van der Waals surface area contributed by atoms with Crippen LogP contribution in [0.25, 0.3) is 11.5 Å². The zero-order chi connectivity index (χ0) is 17.6. The van der Waals surface area contributed by atoms with Crippen molar-refractivity contribution in [3.05, 3.63) is 71.6 Å². The van der Waals surface area contributed by atoms with Crippen molar-refractivity contribution in [2.45, 2.75) is 25.3 Å². The molecule has 3 aromatic rings. The van der Waals surface area contributed by atoms with E-state index in [0.717, 1.165) is 10.5 Å². The maximum atomic E-state index is 11.9. The zero-order valence-corrected chi connectivity index (χ0v) is 15.0. The minimum Gasteiger partial charge on any atom is -0.458 e. The van der Waals surface area contributed by atoms with E-state index in [1.54, 1.807) is 0 Å². The van der Waals surface area contributed by atoms with E-state index in [1.807, 2.05) is 49.4 Å². The van der Waals surface area contributed by atoms with Crippen LogP contribution in [0.4, 0.5) is 0 Å². The smallest absolute Gasteiger partial charge is 0.316 e. The van der Waals surface area contributed by atoms with E-state index in [1.165, 1.54) is 29.2 Å². The van der Waals surface area contributed by atoms with Crippen LogP contribution in [-0.4, -0.2) is 16.7 Å². The lowest BCUT2D eigenvalue weighted by atomic mass is 10.2. The second-order valence-electron chi connectivity index (χ2n) is 5.73. The van der Waals surface area contributed by atoms with Gasteiger partial charge in [0.15, 0.2) is 0 Å². The number of nitrogens with zero attached hydrogens (tertiary/aromatic N) is 1. The first-order valence-corrected chi connectivity index (χ1v) is 8.96. The first-order chi connectivity index (χ1) is 12.1. The lowest BCUT2D eigenvalue weighted by Gasteiger charge is -2.06. The highest BCUT2D eigenvalue weighted by Gasteiger charge is 2.10. The van der Waals surface area contributed by atoms with Crippen molar-refractivity contribution in [1.82, 2.24) is 4.98 Å². The predicted octanol–water partition coefficient (Wildman–Crippen LogP) is 4.79. The number of benzene rings is 2. The Morgan fingerprint density at radius 1 is 1.16 bits per heavy atom. The number of aryl methyl sites for hydroxylation is 2. The van der Waals surface area contributed by atoms with Gasteiger partial charge >= 0.3 is 5.97 Å². The van der Waals surface area contributed by atoms with Gasteiger partial charge in [-0.15, -0.1) is 11.8 Å². The summed E-state index contributed by atoms with van der Waals surface area (Å²) in [5.74, 6) is 0.526. The maximum Gasteiger partial charge on any atom is 0.316 e. The third-order valence-electron chi connectivity index (χ3n) is 3.63. The van der Waals surface area contributed by atoms with Crippen LogP contribution in [0.2, 0.25) is 0 Å². The van der Waals surface area contributed by atoms with Crippen LogP contribution in [-0.2, 0) is 16.1 Å². The molecule has 4 nitrogen and oxygen atoms in total. The largest absolute Gasteiger partial charge is 0.458 e. The Balaban J connectivity index is 1.50. The second kappa shape index (κ2) is 8.03. The third kappa shape index (κ3) is 4.73. The molecule has 0 aliphatic rings. The van der Waals surface area contributed by atoms with Crippen molar-refractivity contribution in [1.29, 1.82) is 0 Å². The summed E-state index contributed by atoms with van der Waals surface area (Å²) in [5, 5.41) is 0. The molecule has 25 heavy (non-hydrogen) atoms. The molecule has 0 N–H and O–H groups in total. The Hall–Kier alpha value is -2.53. The molecule has 0 aliphatic heterocycles. The Morgan fingerprint density at radius 2 is 1.96 bits per heavy atom. The summed E-state index contributed by atoms with van der Waals surface area (Å²) < 4.78 is 10.7. The van der Waals surface area contributed by atoms with Gasteiger partial charge in [-0.05, 0) is 37.6 Å². The fourth-order valence-electron chi connectivity index (χ4n) is 2.38. The quantitative estimate of drug-likeness (QED) is 0.471. The number of hydrogen-bond acceptors (Lipinski definition) is 5. The number of carbonyl (C=O) groups is 1. The van der Waals surface area contributed by atoms with Crippen molar-refractivity contribution in [3.8, 4) is 11.5 Å². The van der Waals surface area contributed by atoms with Crippen molar-refractivity contribution in [3.63, 3.8) is 0 Å². The molecule has 128 valence electrons. The number of oxazole rings is 1. The van der Waals surface area contributed by atoms with Gasteiger partial charge in [-0.25, -0.2) is 4.98 Å². The fraction of sp³-hybridized carbons (Fsp3) is 0.200. The summed E-state index contributed by atoms with van der Waals surface area (Å²) >= 11 is 1.48. The first-order valence-electron chi connectivity index (χ1n) is 7.97. The molecule has 1 aromatic heterocycles. The van der Waals surface area contributed by atoms with Gasteiger partial charge in [0.2, 0.25) is 5.89 Å². The number of ether oxygens (including phenoxy) is 1. The van der Waals surface area contributed by atoms with Crippen LogP contribution in [0.5, 0.6) is 0 Å². The highest BCUT2D eigenvalue weighted by atomic mass is 32.2. The number of rotatable bonds is 6.